The van der Waals surface area contributed by atoms with Gasteiger partial charge in [0.05, 0.1) is 0 Å². The Morgan fingerprint density at radius 3 is 2.12 bits per heavy atom. The van der Waals surface area contributed by atoms with E-state index in [1.54, 1.807) is 24.3 Å². The molecule has 3 N–H and O–H groups in total. The van der Waals surface area contributed by atoms with Crippen LogP contribution in [0.5, 0.6) is 5.75 Å². The molecule has 0 radical (unpaired) electrons. The number of ether oxygens (including phenoxy) is 1. The standard InChI is InChI=1S/C7H7NO2.C4H9Cl2N/c8-7(9)10-6-4-2-1-3-5-6;5-1-3-7-4-2-6/h1-5H,(H2,8,9);7H,1-4H2. The molecule has 0 bridgehead atoms. The Balaban J connectivity index is 0.000000325. The molecular formula is C11H16Cl2N2O2. The summed E-state index contributed by atoms with van der Waals surface area (Å²) >= 11 is 10.7. The zero-order valence-corrected chi connectivity index (χ0v) is 10.9. The first-order valence-corrected chi connectivity index (χ1v) is 6.12. The first-order chi connectivity index (χ1) is 8.20. The predicted octanol–water partition coefficient (Wildman–Crippen LogP) is 2.20. The number of alkyl halides is 2. The molecule has 0 saturated heterocycles. The molecule has 1 rings (SSSR count). The number of nitrogens with two attached hydrogens (primary N) is 1. The normalized spacial score (nSPS) is 9.06. The molecule has 1 amide bonds. The van der Waals surface area contributed by atoms with Gasteiger partial charge in [0.15, 0.2) is 0 Å². The lowest BCUT2D eigenvalue weighted by Gasteiger charge is -1.96. The van der Waals surface area contributed by atoms with E-state index in [2.05, 4.69) is 10.1 Å². The third-order valence-corrected chi connectivity index (χ3v) is 1.88. The summed E-state index contributed by atoms with van der Waals surface area (Å²) in [4.78, 5) is 10.2. The van der Waals surface area contributed by atoms with E-state index in [0.717, 1.165) is 13.1 Å². The molecule has 0 aliphatic heterocycles. The summed E-state index contributed by atoms with van der Waals surface area (Å²) in [5.74, 6) is 1.79. The van der Waals surface area contributed by atoms with E-state index in [0.29, 0.717) is 17.5 Å². The molecule has 0 unspecified atom stereocenters. The van der Waals surface area contributed by atoms with Gasteiger partial charge in [-0.3, -0.25) is 0 Å². The minimum Gasteiger partial charge on any atom is -0.411 e. The lowest BCUT2D eigenvalue weighted by atomic mass is 10.3. The van der Waals surface area contributed by atoms with Gasteiger partial charge in [-0.25, -0.2) is 4.79 Å². The van der Waals surface area contributed by atoms with Gasteiger partial charge in [0, 0.05) is 24.8 Å². The number of benzene rings is 1. The van der Waals surface area contributed by atoms with E-state index in [4.69, 9.17) is 28.9 Å². The molecule has 0 atom stereocenters. The third-order valence-electron chi connectivity index (χ3n) is 1.50. The highest BCUT2D eigenvalue weighted by atomic mass is 35.5. The summed E-state index contributed by atoms with van der Waals surface area (Å²) in [7, 11) is 0. The van der Waals surface area contributed by atoms with Crippen LogP contribution in [0.4, 0.5) is 4.79 Å². The number of carbonyl (C=O) groups is 1. The van der Waals surface area contributed by atoms with Gasteiger partial charge in [0.2, 0.25) is 0 Å². The van der Waals surface area contributed by atoms with E-state index in [1.807, 2.05) is 6.07 Å². The second-order valence-electron chi connectivity index (χ2n) is 2.86. The van der Waals surface area contributed by atoms with Crippen LogP contribution in [0, 0.1) is 0 Å². The van der Waals surface area contributed by atoms with Crippen LogP contribution < -0.4 is 15.8 Å². The minimum absolute atomic E-state index is 0.468. The maximum atomic E-state index is 10.2. The zero-order chi connectivity index (χ0) is 12.9. The molecule has 0 fully saturated rings. The Kier molecular flexibility index (Phi) is 10.9. The largest absolute Gasteiger partial charge is 0.411 e. The summed E-state index contributed by atoms with van der Waals surface area (Å²) in [5.41, 5.74) is 4.76. The van der Waals surface area contributed by atoms with Gasteiger partial charge in [0.1, 0.15) is 5.75 Å². The van der Waals surface area contributed by atoms with E-state index < -0.39 is 6.09 Å². The molecule has 1 aromatic rings. The minimum atomic E-state index is -0.786. The number of rotatable bonds is 5. The van der Waals surface area contributed by atoms with Crippen molar-refractivity contribution in [1.82, 2.24) is 5.32 Å². The van der Waals surface area contributed by atoms with Crippen molar-refractivity contribution in [3.8, 4) is 5.75 Å². The summed E-state index contributed by atoms with van der Waals surface area (Å²) in [5, 5.41) is 3.02. The topological polar surface area (TPSA) is 64.3 Å². The van der Waals surface area contributed by atoms with Gasteiger partial charge in [-0.15, -0.1) is 23.2 Å². The Labute approximate surface area is 111 Å². The quantitative estimate of drug-likeness (QED) is 0.641. The fourth-order valence-corrected chi connectivity index (χ4v) is 1.13. The number of hydrogen-bond donors (Lipinski definition) is 2. The first-order valence-electron chi connectivity index (χ1n) is 5.05. The summed E-state index contributed by atoms with van der Waals surface area (Å²) < 4.78 is 4.55. The van der Waals surface area contributed by atoms with Crippen molar-refractivity contribution >= 4 is 29.3 Å². The molecular weight excluding hydrogens is 263 g/mol. The monoisotopic (exact) mass is 278 g/mol. The number of nitrogens with one attached hydrogen (secondary N) is 1. The van der Waals surface area contributed by atoms with Crippen LogP contribution in [0.1, 0.15) is 0 Å². The number of hydrogen-bond acceptors (Lipinski definition) is 3. The van der Waals surface area contributed by atoms with Gasteiger partial charge >= 0.3 is 6.09 Å². The maximum Gasteiger partial charge on any atom is 0.409 e. The molecule has 0 aromatic heterocycles. The third kappa shape index (κ3) is 11.3. The molecule has 17 heavy (non-hydrogen) atoms. The number of halogens is 2. The van der Waals surface area contributed by atoms with Crippen molar-refractivity contribution in [1.29, 1.82) is 0 Å². The van der Waals surface area contributed by atoms with Crippen LogP contribution >= 0.6 is 23.2 Å². The highest BCUT2D eigenvalue weighted by molar-refractivity contribution is 6.18. The van der Waals surface area contributed by atoms with Crippen LogP contribution in [0.15, 0.2) is 30.3 Å². The molecule has 0 aliphatic carbocycles. The number of para-hydroxylation sites is 1. The van der Waals surface area contributed by atoms with Gasteiger partial charge in [-0.1, -0.05) is 18.2 Å². The van der Waals surface area contributed by atoms with Crippen molar-refractivity contribution in [2.45, 2.75) is 0 Å². The summed E-state index contributed by atoms with van der Waals surface area (Å²) in [6, 6.07) is 8.67. The average Bonchev–Trinajstić information content (AvgIpc) is 2.31. The number of primary amides is 1. The van der Waals surface area contributed by atoms with Crippen molar-refractivity contribution in [2.75, 3.05) is 24.8 Å². The van der Waals surface area contributed by atoms with E-state index in [-0.39, 0.29) is 0 Å². The lowest BCUT2D eigenvalue weighted by Crippen LogP contribution is -2.18. The Morgan fingerprint density at radius 2 is 1.71 bits per heavy atom. The summed E-state index contributed by atoms with van der Waals surface area (Å²) in [6.45, 7) is 1.71. The second-order valence-corrected chi connectivity index (χ2v) is 3.62. The van der Waals surface area contributed by atoms with E-state index in [1.165, 1.54) is 0 Å². The van der Waals surface area contributed by atoms with E-state index in [9.17, 15) is 4.79 Å². The van der Waals surface area contributed by atoms with Crippen molar-refractivity contribution < 1.29 is 9.53 Å². The SMILES string of the molecule is ClCCNCCCl.NC(=O)Oc1ccccc1. The van der Waals surface area contributed by atoms with Gasteiger partial charge in [0.25, 0.3) is 0 Å². The fourth-order valence-electron chi connectivity index (χ4n) is 0.863. The van der Waals surface area contributed by atoms with E-state index >= 15 is 0 Å². The van der Waals surface area contributed by atoms with Crippen LogP contribution in [0.2, 0.25) is 0 Å². The lowest BCUT2D eigenvalue weighted by molar-refractivity contribution is 0.211. The first kappa shape index (κ1) is 16.0. The number of carbonyl (C=O) groups excluding carboxylic acids is 1. The van der Waals surface area contributed by atoms with Crippen molar-refractivity contribution in [3.63, 3.8) is 0 Å². The van der Waals surface area contributed by atoms with Crippen molar-refractivity contribution in [3.05, 3.63) is 30.3 Å². The second kappa shape index (κ2) is 11.5. The van der Waals surface area contributed by atoms with Crippen LogP contribution in [0.3, 0.4) is 0 Å². The molecule has 6 heteroatoms. The average molecular weight is 279 g/mol. The predicted molar refractivity (Wildman–Crippen MR) is 71.0 cm³/mol. The van der Waals surface area contributed by atoms with Crippen LogP contribution in [-0.4, -0.2) is 30.9 Å². The fraction of sp³-hybridized carbons (Fsp3) is 0.364. The number of amides is 1. The molecule has 0 saturated carbocycles. The Hall–Kier alpha value is -0.970. The Bertz CT molecular complexity index is 293. The molecule has 96 valence electrons. The molecule has 4 nitrogen and oxygen atoms in total. The highest BCUT2D eigenvalue weighted by Gasteiger charge is 1.93. The van der Waals surface area contributed by atoms with Gasteiger partial charge < -0.3 is 15.8 Å². The molecule has 0 aliphatic rings. The van der Waals surface area contributed by atoms with Gasteiger partial charge in [-0.2, -0.15) is 0 Å². The maximum absolute atomic E-state index is 10.2. The highest BCUT2D eigenvalue weighted by Crippen LogP contribution is 2.07. The Morgan fingerprint density at radius 1 is 1.18 bits per heavy atom. The van der Waals surface area contributed by atoms with Crippen molar-refractivity contribution in [2.24, 2.45) is 5.73 Å². The van der Waals surface area contributed by atoms with Gasteiger partial charge in [-0.05, 0) is 12.1 Å². The molecule has 0 spiro atoms. The smallest absolute Gasteiger partial charge is 0.409 e. The van der Waals surface area contributed by atoms with Crippen LogP contribution in [-0.2, 0) is 0 Å². The zero-order valence-electron chi connectivity index (χ0n) is 9.36. The molecule has 0 heterocycles. The van der Waals surface area contributed by atoms with Crippen LogP contribution in [0.25, 0.3) is 0 Å². The molecule has 1 aromatic carbocycles. The summed E-state index contributed by atoms with van der Waals surface area (Å²) in [6.07, 6.45) is -0.786.